The van der Waals surface area contributed by atoms with Crippen LogP contribution in [0, 0.1) is 0 Å². The average Bonchev–Trinajstić information content (AvgIpc) is 2.90. The minimum Gasteiger partial charge on any atom is -0.373 e. The van der Waals surface area contributed by atoms with Gasteiger partial charge < -0.3 is 4.74 Å². The average molecular weight is 180 g/mol. The predicted octanol–water partition coefficient (Wildman–Crippen LogP) is 2.57. The summed E-state index contributed by atoms with van der Waals surface area (Å²) in [5.74, 6) is 1.18. The fourth-order valence-electron chi connectivity index (χ4n) is 1.06. The van der Waals surface area contributed by atoms with E-state index in [1.54, 1.807) is 0 Å². The van der Waals surface area contributed by atoms with E-state index in [2.05, 4.69) is 24.3 Å². The smallest absolute Gasteiger partial charge is 0.0817 e. The molecule has 0 N–H and O–H groups in total. The molecule has 64 valence electrons. The normalized spacial score (nSPS) is 20.8. The fourth-order valence-corrected chi connectivity index (χ4v) is 2.03. The third kappa shape index (κ3) is 2.54. The summed E-state index contributed by atoms with van der Waals surface area (Å²) in [6.07, 6.45) is 1.76. The molecule has 1 heterocycles. The molecule has 0 radical (unpaired) electrons. The Balaban J connectivity index is 1.72. The van der Waals surface area contributed by atoms with Gasteiger partial charge in [0.15, 0.2) is 0 Å². The molecule has 12 heavy (non-hydrogen) atoms. The Morgan fingerprint density at radius 3 is 2.75 bits per heavy atom. The first-order valence-corrected chi connectivity index (χ1v) is 5.23. The van der Waals surface area contributed by atoms with E-state index in [9.17, 15) is 0 Å². The van der Waals surface area contributed by atoms with E-state index in [0.29, 0.717) is 6.10 Å². The first-order chi connectivity index (χ1) is 5.95. The number of rotatable bonds is 4. The van der Waals surface area contributed by atoms with Crippen LogP contribution < -0.4 is 0 Å². The van der Waals surface area contributed by atoms with Crippen molar-refractivity contribution in [2.45, 2.75) is 17.4 Å². The Kier molecular flexibility index (Phi) is 2.69. The maximum absolute atomic E-state index is 5.13. The van der Waals surface area contributed by atoms with Crippen LogP contribution in [0.4, 0.5) is 0 Å². The van der Waals surface area contributed by atoms with Crippen LogP contribution in [-0.4, -0.2) is 18.5 Å². The summed E-state index contributed by atoms with van der Waals surface area (Å²) in [6, 6.07) is 10.5. The number of hydrogen-bond acceptors (Lipinski definition) is 2. The molecule has 0 amide bonds. The summed E-state index contributed by atoms with van der Waals surface area (Å²) in [7, 11) is 0. The van der Waals surface area contributed by atoms with Crippen molar-refractivity contribution in [3.05, 3.63) is 30.3 Å². The lowest BCUT2D eigenvalue weighted by Gasteiger charge is -1.98. The molecule has 1 nitrogen and oxygen atoms in total. The second kappa shape index (κ2) is 3.97. The van der Waals surface area contributed by atoms with Crippen molar-refractivity contribution in [2.24, 2.45) is 0 Å². The molecule has 2 heteroatoms. The maximum Gasteiger partial charge on any atom is 0.0817 e. The van der Waals surface area contributed by atoms with E-state index in [1.165, 1.54) is 17.1 Å². The molecule has 1 aliphatic rings. The molecule has 1 atom stereocenters. The molecule has 1 aromatic carbocycles. The van der Waals surface area contributed by atoms with Gasteiger partial charge in [-0.25, -0.2) is 0 Å². The van der Waals surface area contributed by atoms with Crippen LogP contribution >= 0.6 is 11.8 Å². The summed E-state index contributed by atoms with van der Waals surface area (Å²) >= 11 is 1.91. The number of ether oxygens (including phenoxy) is 1. The second-order valence-corrected chi connectivity index (χ2v) is 4.07. The van der Waals surface area contributed by atoms with Gasteiger partial charge in [-0.1, -0.05) is 18.2 Å². The van der Waals surface area contributed by atoms with Crippen LogP contribution in [0.5, 0.6) is 0 Å². The third-order valence-electron chi connectivity index (χ3n) is 1.85. The molecular formula is C10H12OS. The summed E-state index contributed by atoms with van der Waals surface area (Å²) < 4.78 is 5.13. The van der Waals surface area contributed by atoms with E-state index in [0.717, 1.165) is 6.61 Å². The van der Waals surface area contributed by atoms with Crippen molar-refractivity contribution in [3.8, 4) is 0 Å². The minimum atomic E-state index is 0.571. The van der Waals surface area contributed by atoms with Gasteiger partial charge in [0.05, 0.1) is 12.7 Å². The Morgan fingerprint density at radius 1 is 1.33 bits per heavy atom. The molecule has 1 aromatic rings. The van der Waals surface area contributed by atoms with Crippen molar-refractivity contribution in [1.82, 2.24) is 0 Å². The van der Waals surface area contributed by atoms with Gasteiger partial charge >= 0.3 is 0 Å². The van der Waals surface area contributed by atoms with Crippen LogP contribution in [0.1, 0.15) is 6.42 Å². The summed E-state index contributed by atoms with van der Waals surface area (Å²) in [6.45, 7) is 0.981. The molecule has 0 saturated carbocycles. The van der Waals surface area contributed by atoms with Crippen LogP contribution in [0.15, 0.2) is 35.2 Å². The monoisotopic (exact) mass is 180 g/mol. The fraction of sp³-hybridized carbons (Fsp3) is 0.400. The van der Waals surface area contributed by atoms with Gasteiger partial charge in [-0.3, -0.25) is 0 Å². The summed E-state index contributed by atoms with van der Waals surface area (Å²) in [5, 5.41) is 0. The van der Waals surface area contributed by atoms with Gasteiger partial charge in [0.25, 0.3) is 0 Å². The molecule has 0 bridgehead atoms. The largest absolute Gasteiger partial charge is 0.373 e. The van der Waals surface area contributed by atoms with Crippen LogP contribution in [0.3, 0.4) is 0 Å². The van der Waals surface area contributed by atoms with E-state index < -0.39 is 0 Å². The van der Waals surface area contributed by atoms with Crippen molar-refractivity contribution < 1.29 is 4.74 Å². The first-order valence-electron chi connectivity index (χ1n) is 4.24. The van der Waals surface area contributed by atoms with Gasteiger partial charge in [-0.2, -0.15) is 0 Å². The Bertz CT molecular complexity index is 231. The predicted molar refractivity (Wildman–Crippen MR) is 51.5 cm³/mol. The van der Waals surface area contributed by atoms with Crippen molar-refractivity contribution in [3.63, 3.8) is 0 Å². The lowest BCUT2D eigenvalue weighted by molar-refractivity contribution is 0.404. The van der Waals surface area contributed by atoms with Gasteiger partial charge in [-0.15, -0.1) is 11.8 Å². The molecule has 0 aromatic heterocycles. The third-order valence-corrected chi connectivity index (χ3v) is 2.90. The number of hydrogen-bond donors (Lipinski definition) is 0. The van der Waals surface area contributed by atoms with Gasteiger partial charge in [0, 0.05) is 10.6 Å². The zero-order chi connectivity index (χ0) is 8.23. The highest BCUT2D eigenvalue weighted by Crippen LogP contribution is 2.22. The maximum atomic E-state index is 5.13. The van der Waals surface area contributed by atoms with Crippen molar-refractivity contribution in [1.29, 1.82) is 0 Å². The molecule has 1 saturated heterocycles. The quantitative estimate of drug-likeness (QED) is 0.521. The second-order valence-electron chi connectivity index (χ2n) is 2.91. The van der Waals surface area contributed by atoms with Gasteiger partial charge in [-0.05, 0) is 18.6 Å². The van der Waals surface area contributed by atoms with Crippen LogP contribution in [0.2, 0.25) is 0 Å². The molecule has 0 spiro atoms. The van der Waals surface area contributed by atoms with Crippen molar-refractivity contribution in [2.75, 3.05) is 12.4 Å². The zero-order valence-electron chi connectivity index (χ0n) is 6.90. The van der Waals surface area contributed by atoms with Gasteiger partial charge in [0.1, 0.15) is 0 Å². The zero-order valence-corrected chi connectivity index (χ0v) is 7.72. The number of epoxide rings is 1. The Morgan fingerprint density at radius 2 is 2.08 bits per heavy atom. The molecule has 2 rings (SSSR count). The summed E-state index contributed by atoms with van der Waals surface area (Å²) in [4.78, 5) is 1.36. The van der Waals surface area contributed by atoms with Crippen LogP contribution in [0.25, 0.3) is 0 Å². The highest BCUT2D eigenvalue weighted by atomic mass is 32.2. The molecule has 0 unspecified atom stereocenters. The molecule has 1 fully saturated rings. The van der Waals surface area contributed by atoms with E-state index >= 15 is 0 Å². The molecule has 0 aliphatic carbocycles. The first kappa shape index (κ1) is 8.14. The van der Waals surface area contributed by atoms with E-state index in [4.69, 9.17) is 4.74 Å². The standard InChI is InChI=1S/C10H12OS/c1-2-4-10(5-3-1)12-7-6-9-8-11-9/h1-5,9H,6-8H2/t9-/m0/s1. The highest BCUT2D eigenvalue weighted by molar-refractivity contribution is 7.99. The topological polar surface area (TPSA) is 12.5 Å². The lowest BCUT2D eigenvalue weighted by atomic mass is 10.4. The lowest BCUT2D eigenvalue weighted by Crippen LogP contribution is -1.87. The minimum absolute atomic E-state index is 0.571. The van der Waals surface area contributed by atoms with Crippen molar-refractivity contribution >= 4 is 11.8 Å². The van der Waals surface area contributed by atoms with E-state index in [-0.39, 0.29) is 0 Å². The highest BCUT2D eigenvalue weighted by Gasteiger charge is 2.21. The molecule has 1 aliphatic heterocycles. The molecular weight excluding hydrogens is 168 g/mol. The number of thioether (sulfide) groups is 1. The Hall–Kier alpha value is -0.470. The van der Waals surface area contributed by atoms with E-state index in [1.807, 2.05) is 17.8 Å². The number of benzene rings is 1. The SMILES string of the molecule is c1ccc(SCC[C@H]2CO2)cc1. The van der Waals surface area contributed by atoms with Crippen LogP contribution in [-0.2, 0) is 4.74 Å². The Labute approximate surface area is 77.1 Å². The summed E-state index contributed by atoms with van der Waals surface area (Å²) in [5.41, 5.74) is 0. The van der Waals surface area contributed by atoms with Gasteiger partial charge in [0.2, 0.25) is 0 Å².